The molecule has 2 amide bonds. The summed E-state index contributed by atoms with van der Waals surface area (Å²) in [4.78, 5) is 28.1. The molecule has 49 heavy (non-hydrogen) atoms. The zero-order chi connectivity index (χ0) is 36.1. The summed E-state index contributed by atoms with van der Waals surface area (Å²) in [6.07, 6.45) is -5.03. The molecule has 0 radical (unpaired) electrons. The zero-order valence-electron chi connectivity index (χ0n) is 27.3. The van der Waals surface area contributed by atoms with Crippen molar-refractivity contribution in [2.75, 3.05) is 4.90 Å². The summed E-state index contributed by atoms with van der Waals surface area (Å²) >= 11 is 0. The highest BCUT2D eigenvalue weighted by Gasteiger charge is 2.44. The Kier molecular flexibility index (Phi) is 8.77. The third kappa shape index (κ3) is 7.40. The lowest BCUT2D eigenvalue weighted by atomic mass is 9.90. The minimum absolute atomic E-state index is 0.0647. The number of aromatic nitrogens is 4. The number of fused-ring (bicyclic) bond motifs is 1. The number of nitrogens with one attached hydrogen (secondary N) is 1. The number of hydrogen-bond acceptors (Lipinski definition) is 8. The predicted octanol–water partition coefficient (Wildman–Crippen LogP) is 6.90. The summed E-state index contributed by atoms with van der Waals surface area (Å²) in [7, 11) is 0. The topological polar surface area (TPSA) is 139 Å². The summed E-state index contributed by atoms with van der Waals surface area (Å²) in [5, 5.41) is 23.2. The van der Waals surface area contributed by atoms with Crippen LogP contribution in [0.2, 0.25) is 0 Å². The highest BCUT2D eigenvalue weighted by molar-refractivity contribution is 6.01. The van der Waals surface area contributed by atoms with E-state index >= 15 is 8.78 Å². The van der Waals surface area contributed by atoms with E-state index in [0.717, 1.165) is 34.8 Å². The third-order valence-electron chi connectivity index (χ3n) is 7.67. The Morgan fingerprint density at radius 3 is 2.39 bits per heavy atom. The molecule has 0 saturated heterocycles. The van der Waals surface area contributed by atoms with Crippen LogP contribution in [-0.4, -0.2) is 43.6 Å². The number of amides is 2. The minimum Gasteiger partial charge on any atom is -0.444 e. The number of rotatable bonds is 6. The normalized spacial score (nSPS) is 18.4. The van der Waals surface area contributed by atoms with Crippen LogP contribution in [0.4, 0.5) is 32.4 Å². The summed E-state index contributed by atoms with van der Waals surface area (Å²) in [5.74, 6) is -2.11. The molecule has 1 N–H and O–H groups in total. The molecule has 4 aromatic rings. The maximum atomic E-state index is 16.6. The van der Waals surface area contributed by atoms with Gasteiger partial charge in [0.1, 0.15) is 28.5 Å². The van der Waals surface area contributed by atoms with Gasteiger partial charge in [-0.1, -0.05) is 12.1 Å². The molecule has 1 aliphatic rings. The van der Waals surface area contributed by atoms with Crippen LogP contribution >= 0.6 is 0 Å². The number of alkyl carbamates (subject to hydrolysis) is 1. The van der Waals surface area contributed by atoms with Gasteiger partial charge in [-0.25, -0.2) is 18.3 Å². The molecule has 0 spiro atoms. The van der Waals surface area contributed by atoms with Crippen LogP contribution in [0.15, 0.2) is 53.1 Å². The van der Waals surface area contributed by atoms with Gasteiger partial charge in [-0.3, -0.25) is 4.79 Å². The lowest BCUT2D eigenvalue weighted by Gasteiger charge is -2.27. The van der Waals surface area contributed by atoms with Gasteiger partial charge in [0.25, 0.3) is 5.89 Å². The maximum Gasteiger partial charge on any atom is 0.435 e. The second-order valence-electron chi connectivity index (χ2n) is 13.3. The summed E-state index contributed by atoms with van der Waals surface area (Å²) in [6, 6.07) is 9.51. The van der Waals surface area contributed by atoms with Crippen LogP contribution in [0.25, 0.3) is 17.1 Å². The Hall–Kier alpha value is -5.33. The van der Waals surface area contributed by atoms with Crippen molar-refractivity contribution in [3.63, 3.8) is 0 Å². The van der Waals surface area contributed by atoms with E-state index < -0.39 is 58.8 Å². The maximum absolute atomic E-state index is 16.6. The van der Waals surface area contributed by atoms with Crippen molar-refractivity contribution < 1.29 is 40.7 Å². The lowest BCUT2D eigenvalue weighted by Crippen LogP contribution is -2.50. The molecule has 5 rings (SSSR count). The first-order valence-corrected chi connectivity index (χ1v) is 15.0. The first kappa shape index (κ1) is 35.0. The smallest absolute Gasteiger partial charge is 0.435 e. The third-order valence-corrected chi connectivity index (χ3v) is 7.67. The van der Waals surface area contributed by atoms with E-state index in [0.29, 0.717) is 11.3 Å². The van der Waals surface area contributed by atoms with E-state index in [2.05, 4.69) is 20.6 Å². The van der Waals surface area contributed by atoms with Gasteiger partial charge in [0.15, 0.2) is 5.69 Å². The molecular formula is C33H32F5N7O4. The van der Waals surface area contributed by atoms with Crippen molar-refractivity contribution in [2.45, 2.75) is 83.4 Å². The van der Waals surface area contributed by atoms with E-state index in [4.69, 9.17) is 9.15 Å². The second kappa shape index (κ2) is 12.3. The van der Waals surface area contributed by atoms with Gasteiger partial charge in [-0.2, -0.15) is 23.5 Å². The molecule has 1 aliphatic heterocycles. The summed E-state index contributed by atoms with van der Waals surface area (Å²) in [6.45, 7) is 8.82. The first-order chi connectivity index (χ1) is 22.7. The Bertz CT molecular complexity index is 1940. The van der Waals surface area contributed by atoms with E-state index in [9.17, 15) is 28.0 Å². The van der Waals surface area contributed by atoms with Gasteiger partial charge in [-0.05, 0) is 77.4 Å². The molecule has 3 heterocycles. The van der Waals surface area contributed by atoms with Crippen molar-refractivity contribution in [1.82, 2.24) is 25.3 Å². The van der Waals surface area contributed by atoms with E-state index in [1.165, 1.54) is 44.2 Å². The number of alkyl halides is 4. The molecule has 0 aliphatic carbocycles. The quantitative estimate of drug-likeness (QED) is 0.217. The standard InChI is InChI=1S/C33H32F5N7O4/c1-30(2,3)49-29(47)40-23-15-32(6,35)21-14-22(34)20(26-41-42-28(48-26)31(4,5)17-39)13-24(21)44(27(23)46)16-18-7-9-19(10-8-18)45-12-11-25(43-45)33(36,37)38/h7-14,23H,15-16H2,1-6H3,(H,40,47)/t23-,32?/m0/s1. The van der Waals surface area contributed by atoms with Crippen molar-refractivity contribution in [1.29, 1.82) is 5.26 Å². The zero-order valence-corrected chi connectivity index (χ0v) is 27.3. The SMILES string of the molecule is CC(C)(C)OC(=O)N[C@H]1CC(C)(F)c2cc(F)c(-c3nnc(C(C)(C)C#N)o3)cc2N(Cc2ccc(-n3ccc(C(F)(F)F)n3)cc2)C1=O. The van der Waals surface area contributed by atoms with E-state index in [-0.39, 0.29) is 35.1 Å². The molecular weight excluding hydrogens is 653 g/mol. The largest absolute Gasteiger partial charge is 0.444 e. The molecule has 1 unspecified atom stereocenters. The monoisotopic (exact) mass is 685 g/mol. The second-order valence-corrected chi connectivity index (χ2v) is 13.3. The van der Waals surface area contributed by atoms with Crippen molar-refractivity contribution >= 4 is 17.7 Å². The first-order valence-electron chi connectivity index (χ1n) is 15.0. The van der Waals surface area contributed by atoms with Crippen LogP contribution in [0.3, 0.4) is 0 Å². The molecule has 2 aromatic carbocycles. The summed E-state index contributed by atoms with van der Waals surface area (Å²) < 4.78 is 83.5. The lowest BCUT2D eigenvalue weighted by molar-refractivity contribution is -0.141. The molecule has 11 nitrogen and oxygen atoms in total. The van der Waals surface area contributed by atoms with Gasteiger partial charge in [-0.15, -0.1) is 10.2 Å². The molecule has 0 fully saturated rings. The fraction of sp³-hybridized carbons (Fsp3) is 0.394. The number of anilines is 1. The van der Waals surface area contributed by atoms with Crippen LogP contribution in [0, 0.1) is 17.1 Å². The van der Waals surface area contributed by atoms with Crippen LogP contribution in [0.5, 0.6) is 0 Å². The Balaban J connectivity index is 1.58. The highest BCUT2D eigenvalue weighted by atomic mass is 19.4. The molecule has 0 saturated carbocycles. The van der Waals surface area contributed by atoms with Gasteiger partial charge < -0.3 is 19.4 Å². The average Bonchev–Trinajstić information content (AvgIpc) is 3.69. The van der Waals surface area contributed by atoms with Crippen molar-refractivity contribution in [3.8, 4) is 23.2 Å². The Labute approximate surface area is 277 Å². The van der Waals surface area contributed by atoms with Gasteiger partial charge >= 0.3 is 12.3 Å². The number of nitriles is 1. The summed E-state index contributed by atoms with van der Waals surface area (Å²) in [5.41, 5.74) is -5.37. The van der Waals surface area contributed by atoms with Crippen LogP contribution in [0.1, 0.15) is 70.7 Å². The number of hydrogen-bond donors (Lipinski definition) is 1. The van der Waals surface area contributed by atoms with E-state index in [1.54, 1.807) is 20.8 Å². The fourth-order valence-corrected chi connectivity index (χ4v) is 5.17. The highest BCUT2D eigenvalue weighted by Crippen LogP contribution is 2.44. The minimum atomic E-state index is -4.63. The number of halogens is 5. The molecule has 2 atom stereocenters. The van der Waals surface area contributed by atoms with Crippen molar-refractivity contribution in [3.05, 3.63) is 77.2 Å². The van der Waals surface area contributed by atoms with Crippen LogP contribution < -0.4 is 10.2 Å². The molecule has 258 valence electrons. The number of ether oxygens (including phenoxy) is 1. The number of benzene rings is 2. The van der Waals surface area contributed by atoms with Gasteiger partial charge in [0, 0.05) is 18.2 Å². The van der Waals surface area contributed by atoms with E-state index in [1.807, 2.05) is 6.07 Å². The van der Waals surface area contributed by atoms with Gasteiger partial charge in [0.05, 0.1) is 29.6 Å². The Morgan fingerprint density at radius 1 is 1.12 bits per heavy atom. The number of nitrogens with zero attached hydrogens (tertiary/aromatic N) is 6. The predicted molar refractivity (Wildman–Crippen MR) is 164 cm³/mol. The van der Waals surface area contributed by atoms with Crippen LogP contribution in [-0.2, 0) is 33.3 Å². The Morgan fingerprint density at radius 2 is 1.80 bits per heavy atom. The molecule has 0 bridgehead atoms. The van der Waals surface area contributed by atoms with Gasteiger partial charge in [0.2, 0.25) is 11.8 Å². The van der Waals surface area contributed by atoms with Crippen molar-refractivity contribution in [2.24, 2.45) is 0 Å². The number of carbonyl (C=O) groups is 2. The fourth-order valence-electron chi connectivity index (χ4n) is 5.17. The molecule has 2 aromatic heterocycles. The number of carbonyl (C=O) groups excluding carboxylic acids is 2. The molecule has 16 heteroatoms. The average molecular weight is 686 g/mol.